The van der Waals surface area contributed by atoms with E-state index in [1.807, 2.05) is 18.2 Å². The summed E-state index contributed by atoms with van der Waals surface area (Å²) in [5.74, 6) is 2.08. The number of nitriles is 1. The molecule has 0 unspecified atom stereocenters. The van der Waals surface area contributed by atoms with Crippen LogP contribution >= 0.6 is 0 Å². The Kier molecular flexibility index (Phi) is 6.92. The van der Waals surface area contributed by atoms with Crippen LogP contribution < -0.4 is 19.7 Å². The van der Waals surface area contributed by atoms with E-state index in [0.717, 1.165) is 50.6 Å². The lowest BCUT2D eigenvalue weighted by Gasteiger charge is -2.43. The minimum absolute atomic E-state index is 0.00859. The summed E-state index contributed by atoms with van der Waals surface area (Å²) in [7, 11) is 1.63. The van der Waals surface area contributed by atoms with Crippen LogP contribution in [0, 0.1) is 11.3 Å². The largest absolute Gasteiger partial charge is 0.484 e. The molecule has 1 N–H and O–H groups in total. The molecular weight excluding hydrogens is 486 g/mol. The van der Waals surface area contributed by atoms with Crippen LogP contribution in [0.15, 0.2) is 42.6 Å². The summed E-state index contributed by atoms with van der Waals surface area (Å²) in [5.41, 5.74) is 2.89. The lowest BCUT2D eigenvalue weighted by Crippen LogP contribution is -2.56. The van der Waals surface area contributed by atoms with Gasteiger partial charge in [0.05, 0.1) is 50.8 Å². The molecule has 3 fully saturated rings. The van der Waals surface area contributed by atoms with Crippen LogP contribution in [-0.2, 0) is 9.47 Å². The summed E-state index contributed by atoms with van der Waals surface area (Å²) in [5, 5.41) is 12.8. The topological polar surface area (TPSA) is 118 Å². The number of methoxy groups -OCH3 is 1. The quantitative estimate of drug-likeness (QED) is 0.477. The SMILES string of the molecule is COc1nc(Nc2nccc(-c3ccc(OC4COC4)c(C#N)c3)n2)ccc1N1CCN(C2COC2)CC1. The molecule has 0 saturated carbocycles. The fourth-order valence-corrected chi connectivity index (χ4v) is 4.69. The van der Waals surface area contributed by atoms with Crippen molar-refractivity contribution in [3.8, 4) is 29.0 Å². The van der Waals surface area contributed by atoms with Gasteiger partial charge in [-0.05, 0) is 36.4 Å². The van der Waals surface area contributed by atoms with E-state index in [-0.39, 0.29) is 6.10 Å². The number of ether oxygens (including phenoxy) is 4. The highest BCUT2D eigenvalue weighted by atomic mass is 16.6. The number of nitrogens with one attached hydrogen (secondary N) is 1. The molecule has 0 spiro atoms. The van der Waals surface area contributed by atoms with Crippen molar-refractivity contribution in [2.24, 2.45) is 0 Å². The number of benzene rings is 1. The molecular formula is C27H29N7O4. The Labute approximate surface area is 220 Å². The van der Waals surface area contributed by atoms with Crippen molar-refractivity contribution in [3.05, 3.63) is 48.2 Å². The average Bonchev–Trinajstić information content (AvgIpc) is 2.90. The van der Waals surface area contributed by atoms with Gasteiger partial charge in [0.1, 0.15) is 29.4 Å². The van der Waals surface area contributed by atoms with E-state index in [4.69, 9.17) is 18.9 Å². The Morgan fingerprint density at radius 2 is 1.82 bits per heavy atom. The smallest absolute Gasteiger partial charge is 0.239 e. The van der Waals surface area contributed by atoms with Gasteiger partial charge in [0.2, 0.25) is 11.8 Å². The maximum atomic E-state index is 9.62. The zero-order chi connectivity index (χ0) is 25.9. The number of piperazine rings is 1. The van der Waals surface area contributed by atoms with Gasteiger partial charge < -0.3 is 29.2 Å². The van der Waals surface area contributed by atoms with E-state index >= 15 is 0 Å². The Morgan fingerprint density at radius 1 is 1.00 bits per heavy atom. The Bertz CT molecular complexity index is 1330. The predicted octanol–water partition coefficient (Wildman–Crippen LogP) is 2.46. The van der Waals surface area contributed by atoms with Crippen LogP contribution in [0.5, 0.6) is 11.6 Å². The molecule has 0 aliphatic carbocycles. The first-order valence-electron chi connectivity index (χ1n) is 12.7. The third-order valence-electron chi connectivity index (χ3n) is 7.02. The lowest BCUT2D eigenvalue weighted by atomic mass is 10.1. The Hall–Kier alpha value is -3.98. The molecule has 38 heavy (non-hydrogen) atoms. The van der Waals surface area contributed by atoms with Crippen molar-refractivity contribution in [3.63, 3.8) is 0 Å². The molecule has 2 aromatic heterocycles. The third-order valence-corrected chi connectivity index (χ3v) is 7.02. The van der Waals surface area contributed by atoms with Crippen molar-refractivity contribution in [2.45, 2.75) is 12.1 Å². The number of anilines is 3. The molecule has 196 valence electrons. The summed E-state index contributed by atoms with van der Waals surface area (Å²) < 4.78 is 22.0. The summed E-state index contributed by atoms with van der Waals surface area (Å²) in [4.78, 5) is 18.5. The van der Waals surface area contributed by atoms with E-state index in [1.54, 1.807) is 31.5 Å². The fraction of sp³-hybridized carbons (Fsp3) is 0.407. The highest BCUT2D eigenvalue weighted by Crippen LogP contribution is 2.31. The molecule has 11 nitrogen and oxygen atoms in total. The lowest BCUT2D eigenvalue weighted by molar-refractivity contribution is -0.0797. The van der Waals surface area contributed by atoms with Crippen LogP contribution in [0.1, 0.15) is 5.56 Å². The van der Waals surface area contributed by atoms with Crippen LogP contribution in [-0.4, -0.2) is 91.7 Å². The van der Waals surface area contributed by atoms with Crippen LogP contribution in [0.25, 0.3) is 11.3 Å². The first-order valence-corrected chi connectivity index (χ1v) is 12.7. The molecule has 3 aliphatic heterocycles. The van der Waals surface area contributed by atoms with Crippen molar-refractivity contribution in [1.82, 2.24) is 19.9 Å². The van der Waals surface area contributed by atoms with Crippen molar-refractivity contribution in [1.29, 1.82) is 5.26 Å². The van der Waals surface area contributed by atoms with Gasteiger partial charge in [-0.3, -0.25) is 4.90 Å². The van der Waals surface area contributed by atoms with E-state index in [0.29, 0.717) is 53.9 Å². The zero-order valence-electron chi connectivity index (χ0n) is 21.2. The number of hydrogen-bond donors (Lipinski definition) is 1. The highest BCUT2D eigenvalue weighted by molar-refractivity contribution is 5.66. The predicted molar refractivity (Wildman–Crippen MR) is 140 cm³/mol. The van der Waals surface area contributed by atoms with E-state index < -0.39 is 0 Å². The molecule has 0 amide bonds. The fourth-order valence-electron chi connectivity index (χ4n) is 4.69. The summed E-state index contributed by atoms with van der Waals surface area (Å²) in [6.07, 6.45) is 1.66. The van der Waals surface area contributed by atoms with Gasteiger partial charge in [0.25, 0.3) is 0 Å². The average molecular weight is 516 g/mol. The molecule has 0 radical (unpaired) electrons. The van der Waals surface area contributed by atoms with Gasteiger partial charge in [0, 0.05) is 37.9 Å². The van der Waals surface area contributed by atoms with Crippen molar-refractivity contribution < 1.29 is 18.9 Å². The second-order valence-corrected chi connectivity index (χ2v) is 9.43. The first-order chi connectivity index (χ1) is 18.7. The van der Waals surface area contributed by atoms with Crippen molar-refractivity contribution >= 4 is 17.5 Å². The molecule has 5 heterocycles. The van der Waals surface area contributed by atoms with Gasteiger partial charge in [0.15, 0.2) is 0 Å². The van der Waals surface area contributed by atoms with Gasteiger partial charge in [-0.1, -0.05) is 0 Å². The summed E-state index contributed by atoms with van der Waals surface area (Å²) in [6, 6.07) is 13.9. The van der Waals surface area contributed by atoms with Crippen LogP contribution in [0.2, 0.25) is 0 Å². The minimum Gasteiger partial charge on any atom is -0.484 e. The van der Waals surface area contributed by atoms with Gasteiger partial charge in [-0.25, -0.2) is 9.97 Å². The minimum atomic E-state index is -0.00859. The normalized spacial score (nSPS) is 18.3. The maximum Gasteiger partial charge on any atom is 0.239 e. The van der Waals surface area contributed by atoms with E-state index in [9.17, 15) is 5.26 Å². The monoisotopic (exact) mass is 515 g/mol. The molecule has 6 rings (SSSR count). The summed E-state index contributed by atoms with van der Waals surface area (Å²) >= 11 is 0. The third kappa shape index (κ3) is 5.06. The maximum absolute atomic E-state index is 9.62. The van der Waals surface area contributed by atoms with E-state index in [1.165, 1.54) is 0 Å². The number of rotatable bonds is 8. The highest BCUT2D eigenvalue weighted by Gasteiger charge is 2.30. The molecule has 3 aromatic rings. The molecule has 0 bridgehead atoms. The molecule has 0 atom stereocenters. The first kappa shape index (κ1) is 24.4. The molecule has 3 saturated heterocycles. The van der Waals surface area contributed by atoms with Gasteiger partial charge >= 0.3 is 0 Å². The number of nitrogens with zero attached hydrogens (tertiary/aromatic N) is 6. The molecule has 3 aliphatic rings. The second kappa shape index (κ2) is 10.8. The van der Waals surface area contributed by atoms with E-state index in [2.05, 4.69) is 36.1 Å². The van der Waals surface area contributed by atoms with Gasteiger partial charge in [-0.15, -0.1) is 0 Å². The number of aromatic nitrogens is 3. The Morgan fingerprint density at radius 3 is 2.50 bits per heavy atom. The Balaban J connectivity index is 1.15. The zero-order valence-corrected chi connectivity index (χ0v) is 21.2. The van der Waals surface area contributed by atoms with Crippen LogP contribution in [0.4, 0.5) is 17.5 Å². The van der Waals surface area contributed by atoms with Crippen molar-refractivity contribution in [2.75, 3.05) is 69.9 Å². The molecule has 1 aromatic carbocycles. The summed E-state index contributed by atoms with van der Waals surface area (Å²) in [6.45, 7) is 6.57. The van der Waals surface area contributed by atoms with Gasteiger partial charge in [-0.2, -0.15) is 10.2 Å². The molecule has 11 heteroatoms. The standard InChI is InChI=1S/C27H29N7O4/c1-35-26-23(34-10-8-33(9-11-34)20-14-36-15-20)3-5-25(31-26)32-27-29-7-6-22(30-27)18-2-4-24(19(12-18)13-28)38-21-16-37-17-21/h2-7,12,20-21H,8-11,14-17H2,1H3,(H,29,30,31,32). The number of pyridine rings is 1. The second-order valence-electron chi connectivity index (χ2n) is 9.43. The van der Waals surface area contributed by atoms with Crippen LogP contribution in [0.3, 0.4) is 0 Å². The number of hydrogen-bond acceptors (Lipinski definition) is 11.